The third kappa shape index (κ3) is 4.40. The monoisotopic (exact) mass is 438 g/mol. The van der Waals surface area contributed by atoms with E-state index in [1.54, 1.807) is 22.5 Å². The molecule has 31 heavy (non-hydrogen) atoms. The summed E-state index contributed by atoms with van der Waals surface area (Å²) in [5.74, 6) is 0.662. The van der Waals surface area contributed by atoms with Crippen molar-refractivity contribution in [2.45, 2.75) is 25.2 Å². The number of aromatic nitrogens is 2. The molecule has 2 heterocycles. The van der Waals surface area contributed by atoms with E-state index in [1.807, 2.05) is 55.1 Å². The Hall–Kier alpha value is -2.97. The van der Waals surface area contributed by atoms with E-state index in [0.717, 1.165) is 11.1 Å². The van der Waals surface area contributed by atoms with Crippen LogP contribution in [0.1, 0.15) is 17.5 Å². The highest BCUT2D eigenvalue weighted by atomic mass is 32.2. The lowest BCUT2D eigenvalue weighted by atomic mass is 10.2. The number of sulfonamides is 1. The van der Waals surface area contributed by atoms with Crippen molar-refractivity contribution in [3.8, 4) is 5.69 Å². The van der Waals surface area contributed by atoms with E-state index in [2.05, 4.69) is 5.10 Å². The van der Waals surface area contributed by atoms with Crippen LogP contribution in [0.25, 0.3) is 5.69 Å². The molecule has 0 radical (unpaired) electrons. The van der Waals surface area contributed by atoms with Crippen molar-refractivity contribution in [1.29, 1.82) is 0 Å². The molecule has 0 atom stereocenters. The summed E-state index contributed by atoms with van der Waals surface area (Å²) in [5, 5.41) is 4.56. The normalized spacial score (nSPS) is 15.6. The van der Waals surface area contributed by atoms with Crippen molar-refractivity contribution in [2.24, 2.45) is 0 Å². The lowest BCUT2D eigenvalue weighted by molar-refractivity contribution is 0.432. The van der Waals surface area contributed by atoms with Crippen molar-refractivity contribution < 1.29 is 8.42 Å². The van der Waals surface area contributed by atoms with E-state index in [1.165, 1.54) is 10.7 Å². The first-order chi connectivity index (χ1) is 14.9. The summed E-state index contributed by atoms with van der Waals surface area (Å²) in [4.78, 5) is 14.8. The fraction of sp³-hybridized carbons (Fsp3) is 0.304. The third-order valence-corrected chi connectivity index (χ3v) is 7.61. The summed E-state index contributed by atoms with van der Waals surface area (Å²) < 4.78 is 29.3. The Labute approximate surface area is 182 Å². The fourth-order valence-corrected chi connectivity index (χ4v) is 5.48. The van der Waals surface area contributed by atoms with Crippen LogP contribution < -0.4 is 10.5 Å². The minimum absolute atomic E-state index is 0.203. The smallest absolute Gasteiger partial charge is 0.271 e. The van der Waals surface area contributed by atoms with Gasteiger partial charge in [-0.15, -0.1) is 5.10 Å². The first kappa shape index (κ1) is 21.3. The Bertz CT molecular complexity index is 1240. The molecular weight excluding hydrogens is 412 g/mol. The van der Waals surface area contributed by atoms with Crippen molar-refractivity contribution in [3.63, 3.8) is 0 Å². The van der Waals surface area contributed by atoms with Crippen molar-refractivity contribution in [1.82, 2.24) is 14.1 Å². The first-order valence-corrected chi connectivity index (χ1v) is 11.8. The third-order valence-electron chi connectivity index (χ3n) is 5.56. The highest BCUT2D eigenvalue weighted by Gasteiger charge is 2.28. The largest absolute Gasteiger partial charge is 0.354 e. The Balaban J connectivity index is 1.57. The van der Waals surface area contributed by atoms with Gasteiger partial charge in [0.1, 0.15) is 5.82 Å². The van der Waals surface area contributed by atoms with Crippen LogP contribution in [0.3, 0.4) is 0 Å². The molecule has 0 N–H and O–H groups in total. The maximum absolute atomic E-state index is 13.2. The van der Waals surface area contributed by atoms with Gasteiger partial charge in [-0.25, -0.2) is 8.42 Å². The van der Waals surface area contributed by atoms with Crippen LogP contribution in [0.15, 0.2) is 70.4 Å². The number of aryl methyl sites for hydroxylation is 2. The molecule has 1 aliphatic heterocycles. The number of rotatable bonds is 4. The van der Waals surface area contributed by atoms with Gasteiger partial charge >= 0.3 is 0 Å². The quantitative estimate of drug-likeness (QED) is 0.626. The zero-order valence-corrected chi connectivity index (χ0v) is 18.5. The first-order valence-electron chi connectivity index (χ1n) is 10.3. The summed E-state index contributed by atoms with van der Waals surface area (Å²) in [6, 6.07) is 17.9. The zero-order chi connectivity index (χ0) is 22.0. The summed E-state index contributed by atoms with van der Waals surface area (Å²) >= 11 is 0. The van der Waals surface area contributed by atoms with Crippen molar-refractivity contribution >= 4 is 15.8 Å². The van der Waals surface area contributed by atoms with Crippen molar-refractivity contribution in [2.75, 3.05) is 31.1 Å². The van der Waals surface area contributed by atoms with Crippen LogP contribution in [0.5, 0.6) is 0 Å². The summed E-state index contributed by atoms with van der Waals surface area (Å²) in [5.41, 5.74) is 2.35. The number of hydrogen-bond acceptors (Lipinski definition) is 5. The average molecular weight is 439 g/mol. The minimum Gasteiger partial charge on any atom is -0.354 e. The Kier molecular flexibility index (Phi) is 5.93. The topological polar surface area (TPSA) is 75.5 Å². The molecule has 3 aromatic rings. The number of nitrogens with zero attached hydrogens (tertiary/aromatic N) is 4. The van der Waals surface area contributed by atoms with Crippen LogP contribution in [-0.2, 0) is 10.0 Å². The number of anilines is 1. The van der Waals surface area contributed by atoms with Gasteiger partial charge in [-0.05, 0) is 50.1 Å². The van der Waals surface area contributed by atoms with Crippen LogP contribution in [0.2, 0.25) is 0 Å². The van der Waals surface area contributed by atoms with Crippen LogP contribution in [0.4, 0.5) is 5.82 Å². The second-order valence-electron chi connectivity index (χ2n) is 7.79. The molecule has 0 saturated carbocycles. The minimum atomic E-state index is -3.55. The Morgan fingerprint density at radius 3 is 2.32 bits per heavy atom. The molecule has 1 aromatic heterocycles. The molecule has 4 rings (SSSR count). The van der Waals surface area contributed by atoms with Gasteiger partial charge in [-0.2, -0.15) is 8.99 Å². The van der Waals surface area contributed by atoms with Gasteiger partial charge in [-0.1, -0.05) is 35.9 Å². The molecule has 1 aliphatic rings. The van der Waals surface area contributed by atoms with E-state index in [4.69, 9.17) is 0 Å². The van der Waals surface area contributed by atoms with Gasteiger partial charge in [0, 0.05) is 32.2 Å². The number of hydrogen-bond donors (Lipinski definition) is 0. The van der Waals surface area contributed by atoms with Gasteiger partial charge in [0.2, 0.25) is 10.0 Å². The molecule has 0 unspecified atom stereocenters. The van der Waals surface area contributed by atoms with Gasteiger partial charge < -0.3 is 4.90 Å². The predicted octanol–water partition coefficient (Wildman–Crippen LogP) is 2.75. The molecular formula is C23H26N4O3S. The lowest BCUT2D eigenvalue weighted by Gasteiger charge is -2.23. The molecule has 8 heteroatoms. The van der Waals surface area contributed by atoms with Crippen LogP contribution in [-0.4, -0.2) is 48.7 Å². The summed E-state index contributed by atoms with van der Waals surface area (Å²) in [6.07, 6.45) is 0.677. The van der Waals surface area contributed by atoms with Crippen LogP contribution >= 0.6 is 0 Å². The maximum Gasteiger partial charge on any atom is 0.271 e. The fourth-order valence-electron chi connectivity index (χ4n) is 3.79. The van der Waals surface area contributed by atoms with E-state index in [9.17, 15) is 13.2 Å². The van der Waals surface area contributed by atoms with Gasteiger partial charge in [-0.3, -0.25) is 4.79 Å². The van der Waals surface area contributed by atoms with E-state index in [0.29, 0.717) is 49.0 Å². The van der Waals surface area contributed by atoms with Crippen molar-refractivity contribution in [3.05, 3.63) is 82.1 Å². The molecule has 1 fully saturated rings. The molecule has 7 nitrogen and oxygen atoms in total. The molecule has 0 aliphatic carbocycles. The van der Waals surface area contributed by atoms with Gasteiger partial charge in [0.05, 0.1) is 10.6 Å². The SMILES string of the molecule is Cc1ccc(-n2nc(N3CCCN(S(=O)(=O)c4ccccc4C)CC3)ccc2=O)cc1. The van der Waals surface area contributed by atoms with E-state index < -0.39 is 10.0 Å². The van der Waals surface area contributed by atoms with Crippen LogP contribution in [0, 0.1) is 13.8 Å². The second-order valence-corrected chi connectivity index (χ2v) is 9.69. The highest BCUT2D eigenvalue weighted by molar-refractivity contribution is 7.89. The predicted molar refractivity (Wildman–Crippen MR) is 121 cm³/mol. The van der Waals surface area contributed by atoms with E-state index in [-0.39, 0.29) is 5.56 Å². The van der Waals surface area contributed by atoms with Gasteiger partial charge in [0.15, 0.2) is 0 Å². The zero-order valence-electron chi connectivity index (χ0n) is 17.7. The van der Waals surface area contributed by atoms with E-state index >= 15 is 0 Å². The molecule has 0 bridgehead atoms. The standard InChI is InChI=1S/C23H26N4O3S/c1-18-8-10-20(11-9-18)27-23(28)13-12-22(24-27)25-14-5-15-26(17-16-25)31(29,30)21-7-4-3-6-19(21)2/h3-4,6-13H,5,14-17H2,1-2H3. The Morgan fingerprint density at radius 1 is 0.839 bits per heavy atom. The molecule has 162 valence electrons. The summed E-state index contributed by atoms with van der Waals surface area (Å²) in [6.45, 7) is 5.79. The second kappa shape index (κ2) is 8.64. The highest BCUT2D eigenvalue weighted by Crippen LogP contribution is 2.22. The molecule has 2 aromatic carbocycles. The lowest BCUT2D eigenvalue weighted by Crippen LogP contribution is -2.36. The Morgan fingerprint density at radius 2 is 1.58 bits per heavy atom. The van der Waals surface area contributed by atoms with Gasteiger partial charge in [0.25, 0.3) is 5.56 Å². The average Bonchev–Trinajstić information content (AvgIpc) is 3.02. The number of benzene rings is 2. The molecule has 1 saturated heterocycles. The summed E-state index contributed by atoms with van der Waals surface area (Å²) in [7, 11) is -3.55. The maximum atomic E-state index is 13.2. The molecule has 0 amide bonds. The molecule has 0 spiro atoms.